The predicted molar refractivity (Wildman–Crippen MR) is 19.6 cm³/mol. The van der Waals surface area contributed by atoms with Gasteiger partial charge in [-0.15, -0.1) is 0 Å². The van der Waals surface area contributed by atoms with Crippen molar-refractivity contribution < 1.29 is 40.9 Å². The van der Waals surface area contributed by atoms with Crippen LogP contribution in [0.15, 0.2) is 0 Å². The number of phosphoric acid groups is 1. The third-order valence-electron chi connectivity index (χ3n) is 0.291. The Bertz CT molecular complexity index is 288. The van der Waals surface area contributed by atoms with Crippen LogP contribution in [0.25, 0.3) is 3.53 Å². The first kappa shape index (κ1) is 9.82. The van der Waals surface area contributed by atoms with Gasteiger partial charge in [-0.05, 0) is 0 Å². The second kappa shape index (κ2) is 2.82. The zero-order valence-electron chi connectivity index (χ0n) is 4.28. The number of rotatable bonds is 2. The SMILES string of the molecule is N#[N+][W](=[O])(=[O])[O]P(=O)(O)O. The van der Waals surface area contributed by atoms with E-state index in [1.54, 1.807) is 3.53 Å². The second-order valence-corrected chi connectivity index (χ2v) is 7.47. The van der Waals surface area contributed by atoms with Crippen molar-refractivity contribution in [1.82, 2.24) is 0 Å². The summed E-state index contributed by atoms with van der Waals surface area (Å²) in [6, 6.07) is 0. The number of hydrogen-bond acceptors (Lipinski definition) is 5. The van der Waals surface area contributed by atoms with Crippen molar-refractivity contribution in [1.29, 1.82) is 5.39 Å². The summed E-state index contributed by atoms with van der Waals surface area (Å²) >= 11 is -6.06. The Labute approximate surface area is 58.2 Å². The standard InChI is InChI=1S/N2.H3O4P.2O.W/c1-2;1-5(2,3)4;;;/h;(H3,1,2,3,4);;;/q;;;;+2/p-1. The molecule has 10 heteroatoms. The van der Waals surface area contributed by atoms with Crippen molar-refractivity contribution in [3.05, 3.63) is 3.53 Å². The van der Waals surface area contributed by atoms with E-state index in [-0.39, 0.29) is 0 Å². The minimum absolute atomic E-state index is 1.69. The van der Waals surface area contributed by atoms with E-state index < -0.39 is 24.4 Å². The molecule has 0 aromatic heterocycles. The van der Waals surface area contributed by atoms with E-state index in [1.807, 2.05) is 0 Å². The first-order valence-corrected chi connectivity index (χ1v) is 8.08. The van der Waals surface area contributed by atoms with Gasteiger partial charge >= 0.3 is 57.7 Å². The van der Waals surface area contributed by atoms with E-state index in [4.69, 9.17) is 15.2 Å². The zero-order chi connectivity index (χ0) is 8.41. The van der Waals surface area contributed by atoms with Gasteiger partial charge in [0.05, 0.1) is 0 Å². The predicted octanol–water partition coefficient (Wildman–Crippen LogP) is -0.376. The molecule has 0 heterocycles. The van der Waals surface area contributed by atoms with Crippen molar-refractivity contribution in [2.24, 2.45) is 0 Å². The summed E-state index contributed by atoms with van der Waals surface area (Å²) in [7, 11) is -5.09. The molecule has 0 aromatic rings. The zero-order valence-corrected chi connectivity index (χ0v) is 8.11. The van der Waals surface area contributed by atoms with E-state index in [9.17, 15) is 11.4 Å². The molecular formula is H2N2O6PW+. The molecule has 0 spiro atoms. The van der Waals surface area contributed by atoms with Gasteiger partial charge in [-0.3, -0.25) is 0 Å². The quantitative estimate of drug-likeness (QED) is 0.518. The monoisotopic (exact) mass is 341 g/mol. The molecule has 0 rings (SSSR count). The molecule has 0 radical (unpaired) electrons. The molecular weight excluding hydrogens is 339 g/mol. The fourth-order valence-electron chi connectivity index (χ4n) is 0.138. The molecule has 0 aliphatic carbocycles. The Kier molecular flexibility index (Phi) is 2.77. The maximum absolute atomic E-state index is 10.0. The van der Waals surface area contributed by atoms with Crippen LogP contribution in [-0.4, -0.2) is 9.79 Å². The molecule has 58 valence electrons. The minimum atomic E-state index is -6.06. The van der Waals surface area contributed by atoms with Crippen LogP contribution in [0.4, 0.5) is 0 Å². The second-order valence-electron chi connectivity index (χ2n) is 1.07. The molecule has 0 aromatic carbocycles. The average molecular weight is 341 g/mol. The van der Waals surface area contributed by atoms with Crippen LogP contribution in [0.2, 0.25) is 0 Å². The van der Waals surface area contributed by atoms with Gasteiger partial charge in [0, 0.05) is 0 Å². The van der Waals surface area contributed by atoms with Crippen LogP contribution < -0.4 is 0 Å². The molecule has 0 aliphatic rings. The molecule has 0 amide bonds. The van der Waals surface area contributed by atoms with Crippen LogP contribution >= 0.6 is 7.82 Å². The molecule has 0 bridgehead atoms. The number of diazo groups is 1. The fourth-order valence-corrected chi connectivity index (χ4v) is 3.38. The number of hydrogen-bond donors (Lipinski definition) is 2. The van der Waals surface area contributed by atoms with Gasteiger partial charge in [-0.25, -0.2) is 0 Å². The van der Waals surface area contributed by atoms with Crippen LogP contribution in [0, 0.1) is 5.39 Å². The summed E-state index contributed by atoms with van der Waals surface area (Å²) < 4.78 is 34.6. The summed E-state index contributed by atoms with van der Waals surface area (Å²) in [5.41, 5.74) is 0. The van der Waals surface area contributed by atoms with Gasteiger partial charge in [0.1, 0.15) is 0 Å². The first-order chi connectivity index (χ1) is 4.27. The summed E-state index contributed by atoms with van der Waals surface area (Å²) in [5.74, 6) is 0. The molecule has 8 nitrogen and oxygen atoms in total. The van der Waals surface area contributed by atoms with Crippen molar-refractivity contribution >= 4 is 7.82 Å². The van der Waals surface area contributed by atoms with E-state index in [1.165, 1.54) is 0 Å². The summed E-state index contributed by atoms with van der Waals surface area (Å²) in [4.78, 5) is 15.7. The molecule has 0 unspecified atom stereocenters. The fraction of sp³-hybridized carbons (Fsp3) is 0. The third kappa shape index (κ3) is 4.67. The Morgan fingerprint density at radius 1 is 1.50 bits per heavy atom. The van der Waals surface area contributed by atoms with Crippen molar-refractivity contribution in [3.8, 4) is 0 Å². The van der Waals surface area contributed by atoms with Gasteiger partial charge in [-0.1, -0.05) is 0 Å². The molecule has 0 saturated carbocycles. The van der Waals surface area contributed by atoms with Gasteiger partial charge in [0.25, 0.3) is 0 Å². The average Bonchev–Trinajstić information content (AvgIpc) is 1.60. The van der Waals surface area contributed by atoms with Crippen molar-refractivity contribution in [2.75, 3.05) is 0 Å². The van der Waals surface area contributed by atoms with Crippen LogP contribution in [0.5, 0.6) is 0 Å². The van der Waals surface area contributed by atoms with Crippen LogP contribution in [-0.2, 0) is 31.2 Å². The van der Waals surface area contributed by atoms with Gasteiger partial charge in [0.15, 0.2) is 0 Å². The Morgan fingerprint density at radius 2 is 1.90 bits per heavy atom. The Hall–Kier alpha value is -0.182. The van der Waals surface area contributed by atoms with Crippen molar-refractivity contribution in [2.45, 2.75) is 0 Å². The molecule has 2 N–H and O–H groups in total. The van der Waals surface area contributed by atoms with E-state index in [2.05, 4.69) is 3.18 Å². The van der Waals surface area contributed by atoms with Crippen molar-refractivity contribution in [3.63, 3.8) is 0 Å². The van der Waals surface area contributed by atoms with Gasteiger partial charge < -0.3 is 0 Å². The topological polar surface area (TPSA) is 129 Å². The Morgan fingerprint density at radius 3 is 2.00 bits per heavy atom. The van der Waals surface area contributed by atoms with E-state index >= 15 is 0 Å². The molecule has 10 heavy (non-hydrogen) atoms. The van der Waals surface area contributed by atoms with Gasteiger partial charge in [-0.2, -0.15) is 0 Å². The van der Waals surface area contributed by atoms with E-state index in [0.29, 0.717) is 0 Å². The van der Waals surface area contributed by atoms with Crippen LogP contribution in [0.3, 0.4) is 0 Å². The summed E-state index contributed by atoms with van der Waals surface area (Å²) in [5, 5.41) is 7.58. The molecule has 0 saturated heterocycles. The van der Waals surface area contributed by atoms with Crippen LogP contribution in [0.1, 0.15) is 0 Å². The molecule has 0 fully saturated rings. The Balaban J connectivity index is 4.53. The normalized spacial score (nSPS) is 12.5. The molecule has 0 aliphatic heterocycles. The van der Waals surface area contributed by atoms with E-state index in [0.717, 1.165) is 0 Å². The summed E-state index contributed by atoms with van der Waals surface area (Å²) in [6.07, 6.45) is 0. The summed E-state index contributed by atoms with van der Waals surface area (Å²) in [6.45, 7) is 0. The molecule has 0 atom stereocenters. The maximum atomic E-state index is 10.0. The first-order valence-electron chi connectivity index (χ1n) is 1.65. The third-order valence-corrected chi connectivity index (χ3v) is 5.52. The number of nitrogens with zero attached hydrogens (tertiary/aromatic N) is 2. The van der Waals surface area contributed by atoms with Gasteiger partial charge in [0.2, 0.25) is 0 Å².